The highest BCUT2D eigenvalue weighted by molar-refractivity contribution is 5.97. The van der Waals surface area contributed by atoms with E-state index in [0.717, 1.165) is 38.7 Å². The molecule has 0 radical (unpaired) electrons. The average Bonchev–Trinajstić information content (AvgIpc) is 3.56. The Hall–Kier alpha value is -5.87. The Kier molecular flexibility index (Phi) is 10.4. The van der Waals surface area contributed by atoms with Crippen molar-refractivity contribution in [1.82, 2.24) is 30.7 Å². The molecule has 6 rings (SSSR count). The summed E-state index contributed by atoms with van der Waals surface area (Å²) in [6.07, 6.45) is 3.00. The summed E-state index contributed by atoms with van der Waals surface area (Å²) in [5.74, 6) is -0.462. The van der Waals surface area contributed by atoms with Crippen molar-refractivity contribution < 1.29 is 19.5 Å². The number of carbonyl (C=O) groups excluding carboxylic acids is 3. The average molecular weight is 657 g/mol. The van der Waals surface area contributed by atoms with Crippen LogP contribution in [0.2, 0.25) is 0 Å². The number of phenols is 1. The van der Waals surface area contributed by atoms with Crippen LogP contribution in [0.4, 0.5) is 4.79 Å². The van der Waals surface area contributed by atoms with Crippen molar-refractivity contribution in [1.29, 1.82) is 0 Å². The van der Waals surface area contributed by atoms with Gasteiger partial charge < -0.3 is 35.8 Å². The maximum Gasteiger partial charge on any atom is 0.316 e. The molecule has 0 spiro atoms. The van der Waals surface area contributed by atoms with Gasteiger partial charge in [0.1, 0.15) is 18.0 Å². The summed E-state index contributed by atoms with van der Waals surface area (Å²) in [5, 5.41) is 19.9. The van der Waals surface area contributed by atoms with Crippen LogP contribution in [0.1, 0.15) is 16.7 Å². The van der Waals surface area contributed by atoms with Crippen LogP contribution in [-0.2, 0) is 29.1 Å². The Morgan fingerprint density at radius 3 is 2.39 bits per heavy atom. The summed E-state index contributed by atoms with van der Waals surface area (Å²) in [5.41, 5.74) is 5.67. The van der Waals surface area contributed by atoms with E-state index >= 15 is 0 Å². The first-order chi connectivity index (χ1) is 23.9. The van der Waals surface area contributed by atoms with E-state index in [1.165, 1.54) is 4.90 Å². The molecule has 10 heteroatoms. The van der Waals surface area contributed by atoms with Gasteiger partial charge in [-0.15, -0.1) is 6.58 Å². The fourth-order valence-corrected chi connectivity index (χ4v) is 6.34. The van der Waals surface area contributed by atoms with Gasteiger partial charge in [-0.1, -0.05) is 97.1 Å². The largest absolute Gasteiger partial charge is 0.508 e. The number of aromatic hydroxyl groups is 1. The van der Waals surface area contributed by atoms with E-state index < -0.39 is 18.2 Å². The minimum absolute atomic E-state index is 0.0424. The van der Waals surface area contributed by atoms with Crippen LogP contribution >= 0.6 is 0 Å². The number of nitrogens with zero attached hydrogens (tertiary/aromatic N) is 2. The lowest BCUT2D eigenvalue weighted by Gasteiger charge is -2.46. The molecule has 2 heterocycles. The summed E-state index contributed by atoms with van der Waals surface area (Å²) in [6, 6.07) is 30.9. The number of piperazine rings is 1. The molecule has 2 atom stereocenters. The Balaban J connectivity index is 1.32. The first-order valence-electron chi connectivity index (χ1n) is 16.3. The molecule has 5 N–H and O–H groups in total. The van der Waals surface area contributed by atoms with Crippen LogP contribution in [0.15, 0.2) is 122 Å². The van der Waals surface area contributed by atoms with Gasteiger partial charge in [0.25, 0.3) is 0 Å². The SMILES string of the molecule is C=CCNCC(=O)N1[C@@H](NC(=O)NCc2ccccc2)CN(Cc2cccc3c(-c4ccccc4)c[nH]c23)C(=O)[C@@H]1Cc1ccc(O)cc1. The Bertz CT molecular complexity index is 1910. The summed E-state index contributed by atoms with van der Waals surface area (Å²) in [6.45, 7) is 4.72. The number of amides is 4. The van der Waals surface area contributed by atoms with Crippen LogP contribution in [-0.4, -0.2) is 69.6 Å². The topological polar surface area (TPSA) is 130 Å². The number of H-pyrrole nitrogens is 1. The molecule has 0 unspecified atom stereocenters. The quantitative estimate of drug-likeness (QED) is 0.0962. The van der Waals surface area contributed by atoms with Crippen molar-refractivity contribution in [3.05, 3.63) is 139 Å². The van der Waals surface area contributed by atoms with Crippen molar-refractivity contribution >= 4 is 28.7 Å². The number of benzene rings is 4. The molecule has 250 valence electrons. The lowest BCUT2D eigenvalue weighted by atomic mass is 9.98. The molecule has 5 aromatic rings. The van der Waals surface area contributed by atoms with E-state index in [4.69, 9.17) is 0 Å². The van der Waals surface area contributed by atoms with Gasteiger partial charge in [-0.2, -0.15) is 0 Å². The van der Waals surface area contributed by atoms with Gasteiger partial charge in [-0.25, -0.2) is 4.79 Å². The van der Waals surface area contributed by atoms with E-state index in [0.29, 0.717) is 13.1 Å². The van der Waals surface area contributed by atoms with Crippen molar-refractivity contribution in [3.63, 3.8) is 0 Å². The highest BCUT2D eigenvalue weighted by atomic mass is 16.3. The number of nitrogens with one attached hydrogen (secondary N) is 4. The Morgan fingerprint density at radius 1 is 0.918 bits per heavy atom. The summed E-state index contributed by atoms with van der Waals surface area (Å²) in [7, 11) is 0. The summed E-state index contributed by atoms with van der Waals surface area (Å²) < 4.78 is 0. The van der Waals surface area contributed by atoms with Crippen molar-refractivity contribution in [2.24, 2.45) is 0 Å². The van der Waals surface area contributed by atoms with E-state index in [2.05, 4.69) is 45.7 Å². The van der Waals surface area contributed by atoms with Gasteiger partial charge in [-0.05, 0) is 34.4 Å². The number of phenolic OH excluding ortho intramolecular Hbond substituents is 1. The molecule has 1 aromatic heterocycles. The third-order valence-electron chi connectivity index (χ3n) is 8.72. The summed E-state index contributed by atoms with van der Waals surface area (Å²) >= 11 is 0. The fraction of sp³-hybridized carbons (Fsp3) is 0.205. The smallest absolute Gasteiger partial charge is 0.316 e. The van der Waals surface area contributed by atoms with Gasteiger partial charge in [0.15, 0.2) is 0 Å². The maximum absolute atomic E-state index is 14.5. The number of aromatic amines is 1. The van der Waals surface area contributed by atoms with Crippen LogP contribution < -0.4 is 16.0 Å². The lowest BCUT2D eigenvalue weighted by molar-refractivity contribution is -0.156. The van der Waals surface area contributed by atoms with Gasteiger partial charge in [-0.3, -0.25) is 9.59 Å². The van der Waals surface area contributed by atoms with Crippen LogP contribution in [0, 0.1) is 0 Å². The first kappa shape index (κ1) is 33.0. The van der Waals surface area contributed by atoms with Crippen LogP contribution in [0.5, 0.6) is 5.75 Å². The number of rotatable bonds is 12. The maximum atomic E-state index is 14.5. The van der Waals surface area contributed by atoms with Crippen LogP contribution in [0.3, 0.4) is 0 Å². The predicted octanol–water partition coefficient (Wildman–Crippen LogP) is 4.92. The normalized spacial score (nSPS) is 16.0. The van der Waals surface area contributed by atoms with Crippen LogP contribution in [0.25, 0.3) is 22.0 Å². The van der Waals surface area contributed by atoms with E-state index in [9.17, 15) is 19.5 Å². The zero-order valence-corrected chi connectivity index (χ0v) is 27.1. The molecule has 4 aromatic carbocycles. The third kappa shape index (κ3) is 7.82. The zero-order chi connectivity index (χ0) is 34.2. The summed E-state index contributed by atoms with van der Waals surface area (Å²) in [4.78, 5) is 48.3. The number of hydrogen-bond donors (Lipinski definition) is 5. The second kappa shape index (κ2) is 15.4. The Labute approximate surface area is 285 Å². The first-order valence-corrected chi connectivity index (χ1v) is 16.3. The highest BCUT2D eigenvalue weighted by Crippen LogP contribution is 2.31. The number of fused-ring (bicyclic) bond motifs is 1. The van der Waals surface area contributed by atoms with E-state index in [-0.39, 0.29) is 43.6 Å². The number of urea groups is 1. The highest BCUT2D eigenvalue weighted by Gasteiger charge is 2.43. The number of hydrogen-bond acceptors (Lipinski definition) is 5. The molecular formula is C39H40N6O4. The molecule has 0 aliphatic carbocycles. The predicted molar refractivity (Wildman–Crippen MR) is 190 cm³/mol. The monoisotopic (exact) mass is 656 g/mol. The minimum atomic E-state index is -0.918. The molecule has 1 aliphatic heterocycles. The van der Waals surface area contributed by atoms with Gasteiger partial charge in [0.05, 0.1) is 18.6 Å². The molecular weight excluding hydrogens is 616 g/mol. The second-order valence-corrected chi connectivity index (χ2v) is 12.1. The number of carbonyl (C=O) groups is 3. The van der Waals surface area contributed by atoms with Crippen molar-refractivity contribution in [3.8, 4) is 16.9 Å². The molecule has 0 saturated carbocycles. The molecule has 1 saturated heterocycles. The van der Waals surface area contributed by atoms with Crippen molar-refractivity contribution in [2.75, 3.05) is 19.6 Å². The lowest BCUT2D eigenvalue weighted by Crippen LogP contribution is -2.69. The Morgan fingerprint density at radius 2 is 1.65 bits per heavy atom. The molecule has 49 heavy (non-hydrogen) atoms. The van der Waals surface area contributed by atoms with Gasteiger partial charge in [0, 0.05) is 43.2 Å². The third-order valence-corrected chi connectivity index (χ3v) is 8.72. The van der Waals surface area contributed by atoms with Gasteiger partial charge in [0.2, 0.25) is 11.8 Å². The zero-order valence-electron chi connectivity index (χ0n) is 27.1. The number of aromatic nitrogens is 1. The molecule has 0 bridgehead atoms. The minimum Gasteiger partial charge on any atom is -0.508 e. The van der Waals surface area contributed by atoms with Crippen molar-refractivity contribution in [2.45, 2.75) is 31.7 Å². The molecule has 4 amide bonds. The van der Waals surface area contributed by atoms with Gasteiger partial charge >= 0.3 is 6.03 Å². The van der Waals surface area contributed by atoms with E-state index in [1.807, 2.05) is 66.9 Å². The van der Waals surface area contributed by atoms with E-state index in [1.54, 1.807) is 35.2 Å². The standard InChI is InChI=1S/C39H40N6O4/c1-2-20-40-24-36(47)45-34(21-27-16-18-31(46)19-17-27)38(48)44(26-35(45)43-39(49)42-22-28-10-5-3-6-11-28)25-30-14-9-15-32-33(23-41-37(30)32)29-12-7-4-8-13-29/h2-19,23,34-35,40-41,46H,1,20-22,24-26H2,(H2,42,43,49)/t34-,35+/m0/s1. The number of para-hydroxylation sites is 1. The molecule has 10 nitrogen and oxygen atoms in total. The molecule has 1 fully saturated rings. The molecule has 1 aliphatic rings. The fourth-order valence-electron chi connectivity index (χ4n) is 6.34. The second-order valence-electron chi connectivity index (χ2n) is 12.1.